The number of nitrogens with zero attached hydrogens (tertiary/aromatic N) is 1. The van der Waals surface area contributed by atoms with E-state index in [9.17, 15) is 0 Å². The molecule has 1 atom stereocenters. The summed E-state index contributed by atoms with van der Waals surface area (Å²) in [5.41, 5.74) is 0.435. The first-order chi connectivity index (χ1) is 11.1. The highest BCUT2D eigenvalue weighted by molar-refractivity contribution is 7.10. The van der Waals surface area contributed by atoms with Crippen LogP contribution in [0.15, 0.2) is 29.6 Å². The average Bonchev–Trinajstić information content (AvgIpc) is 3.13. The summed E-state index contributed by atoms with van der Waals surface area (Å²) in [5.74, 6) is 1.80. The lowest BCUT2D eigenvalue weighted by Gasteiger charge is -2.21. The van der Waals surface area contributed by atoms with Gasteiger partial charge in [0.25, 0.3) is 5.54 Å². The van der Waals surface area contributed by atoms with Gasteiger partial charge in [-0.25, -0.2) is 6.57 Å². The van der Waals surface area contributed by atoms with Gasteiger partial charge in [0.2, 0.25) is 5.75 Å². The molecule has 2 rings (SSSR count). The van der Waals surface area contributed by atoms with Crippen LogP contribution in [-0.2, 0) is 12.0 Å². The summed E-state index contributed by atoms with van der Waals surface area (Å²) in [6, 6.07) is 7.87. The molecule has 0 aliphatic carbocycles. The van der Waals surface area contributed by atoms with Crippen LogP contribution in [0.5, 0.6) is 17.2 Å². The topological polar surface area (TPSA) is 32.0 Å². The summed E-state index contributed by atoms with van der Waals surface area (Å²) in [6.07, 6.45) is 1.35. The highest BCUT2D eigenvalue weighted by Gasteiger charge is 2.38. The van der Waals surface area contributed by atoms with Crippen molar-refractivity contribution < 1.29 is 14.2 Å². The van der Waals surface area contributed by atoms with E-state index in [1.54, 1.807) is 32.7 Å². The largest absolute Gasteiger partial charge is 0.493 e. The highest BCUT2D eigenvalue weighted by Crippen LogP contribution is 2.42. The average molecular weight is 331 g/mol. The summed E-state index contributed by atoms with van der Waals surface area (Å²) in [5, 5.41) is 2.01. The molecule has 0 spiro atoms. The number of hydrogen-bond donors (Lipinski definition) is 0. The summed E-state index contributed by atoms with van der Waals surface area (Å²) < 4.78 is 16.2. The molecule has 0 amide bonds. The molecule has 0 saturated heterocycles. The second-order valence-electron chi connectivity index (χ2n) is 5.18. The van der Waals surface area contributed by atoms with Crippen molar-refractivity contribution in [2.24, 2.45) is 0 Å². The molecule has 2 aromatic rings. The van der Waals surface area contributed by atoms with Crippen molar-refractivity contribution in [2.75, 3.05) is 21.3 Å². The molecule has 0 radical (unpaired) electrons. The fourth-order valence-electron chi connectivity index (χ4n) is 2.68. The number of benzene rings is 1. The van der Waals surface area contributed by atoms with Gasteiger partial charge in [0.1, 0.15) is 0 Å². The second kappa shape index (κ2) is 7.38. The Labute approximate surface area is 141 Å². The Balaban J connectivity index is 2.48. The maximum Gasteiger partial charge on any atom is 0.270 e. The van der Waals surface area contributed by atoms with Crippen LogP contribution in [0.4, 0.5) is 0 Å². The maximum absolute atomic E-state index is 7.75. The lowest BCUT2D eigenvalue weighted by Crippen LogP contribution is -2.22. The van der Waals surface area contributed by atoms with E-state index in [0.29, 0.717) is 23.7 Å². The Morgan fingerprint density at radius 2 is 1.78 bits per heavy atom. The Bertz CT molecular complexity index is 666. The molecule has 122 valence electrons. The van der Waals surface area contributed by atoms with Gasteiger partial charge in [-0.1, -0.05) is 13.0 Å². The van der Waals surface area contributed by atoms with E-state index in [0.717, 1.165) is 16.9 Å². The second-order valence-corrected chi connectivity index (χ2v) is 6.13. The molecular formula is C18H21NO3S. The van der Waals surface area contributed by atoms with Gasteiger partial charge < -0.3 is 19.1 Å². The van der Waals surface area contributed by atoms with Crippen molar-refractivity contribution in [1.82, 2.24) is 0 Å². The molecule has 0 saturated carbocycles. The lowest BCUT2D eigenvalue weighted by atomic mass is 9.87. The third-order valence-corrected chi connectivity index (χ3v) is 5.06. The van der Waals surface area contributed by atoms with Crippen LogP contribution in [0.1, 0.15) is 23.8 Å². The SMILES string of the molecule is [C-]#[N+]C(CC)(Cc1cc(OC)c(OC)c(OC)c1)c1cccs1. The van der Waals surface area contributed by atoms with Gasteiger partial charge >= 0.3 is 0 Å². The molecule has 0 aliphatic heterocycles. The molecule has 0 bridgehead atoms. The normalized spacial score (nSPS) is 13.0. The van der Waals surface area contributed by atoms with Crippen LogP contribution in [0.25, 0.3) is 4.85 Å². The first-order valence-electron chi connectivity index (χ1n) is 7.35. The predicted molar refractivity (Wildman–Crippen MR) is 92.7 cm³/mol. The lowest BCUT2D eigenvalue weighted by molar-refractivity contribution is 0.323. The van der Waals surface area contributed by atoms with E-state index in [4.69, 9.17) is 20.8 Å². The third kappa shape index (κ3) is 3.27. The maximum atomic E-state index is 7.75. The molecule has 1 aromatic carbocycles. The number of hydrogen-bond acceptors (Lipinski definition) is 4. The van der Waals surface area contributed by atoms with Crippen LogP contribution in [-0.4, -0.2) is 21.3 Å². The quantitative estimate of drug-likeness (QED) is 0.698. The van der Waals surface area contributed by atoms with Crippen LogP contribution >= 0.6 is 11.3 Å². The van der Waals surface area contributed by atoms with Gasteiger partial charge in [-0.3, -0.25) is 0 Å². The minimum Gasteiger partial charge on any atom is -0.493 e. The first-order valence-corrected chi connectivity index (χ1v) is 8.23. The molecule has 5 heteroatoms. The van der Waals surface area contributed by atoms with Crippen molar-refractivity contribution in [1.29, 1.82) is 0 Å². The monoisotopic (exact) mass is 331 g/mol. The molecule has 0 N–H and O–H groups in total. The van der Waals surface area contributed by atoms with Crippen LogP contribution in [0.3, 0.4) is 0 Å². The van der Waals surface area contributed by atoms with E-state index >= 15 is 0 Å². The zero-order chi connectivity index (χ0) is 16.9. The van der Waals surface area contributed by atoms with E-state index < -0.39 is 5.54 Å². The highest BCUT2D eigenvalue weighted by atomic mass is 32.1. The van der Waals surface area contributed by atoms with Crippen LogP contribution < -0.4 is 14.2 Å². The number of rotatable bonds is 7. The minimum atomic E-state index is -0.557. The predicted octanol–water partition coefficient (Wildman–Crippen LogP) is 4.54. The van der Waals surface area contributed by atoms with Crippen molar-refractivity contribution in [2.45, 2.75) is 25.3 Å². The van der Waals surface area contributed by atoms with E-state index in [1.165, 1.54) is 0 Å². The number of methoxy groups -OCH3 is 3. The molecule has 23 heavy (non-hydrogen) atoms. The summed E-state index contributed by atoms with van der Waals surface area (Å²) in [4.78, 5) is 5.06. The van der Waals surface area contributed by atoms with Crippen LogP contribution in [0, 0.1) is 6.57 Å². The third-order valence-electron chi connectivity index (χ3n) is 4.00. The fourth-order valence-corrected chi connectivity index (χ4v) is 3.62. The Kier molecular flexibility index (Phi) is 5.51. The van der Waals surface area contributed by atoms with E-state index in [1.807, 2.05) is 29.6 Å². The van der Waals surface area contributed by atoms with Gasteiger partial charge in [0, 0.05) is 6.42 Å². The van der Waals surface area contributed by atoms with Crippen molar-refractivity contribution in [3.8, 4) is 17.2 Å². The summed E-state index contributed by atoms with van der Waals surface area (Å²) >= 11 is 1.62. The number of thiophene rings is 1. The molecule has 1 unspecified atom stereocenters. The minimum absolute atomic E-state index is 0.557. The summed E-state index contributed by atoms with van der Waals surface area (Å²) in [7, 11) is 4.78. The fraction of sp³-hybridized carbons (Fsp3) is 0.389. The molecule has 0 fully saturated rings. The first kappa shape index (κ1) is 17.2. The molecular weight excluding hydrogens is 310 g/mol. The smallest absolute Gasteiger partial charge is 0.270 e. The zero-order valence-electron chi connectivity index (χ0n) is 13.9. The molecule has 4 nitrogen and oxygen atoms in total. The molecule has 1 aromatic heterocycles. The number of ether oxygens (including phenoxy) is 3. The van der Waals surface area contributed by atoms with E-state index in [-0.39, 0.29) is 0 Å². The van der Waals surface area contributed by atoms with Gasteiger partial charge in [-0.05, 0) is 29.1 Å². The Hall–Kier alpha value is -2.19. The van der Waals surface area contributed by atoms with Crippen LogP contribution in [0.2, 0.25) is 0 Å². The summed E-state index contributed by atoms with van der Waals surface area (Å²) in [6.45, 7) is 9.80. The van der Waals surface area contributed by atoms with Crippen molar-refractivity contribution >= 4 is 11.3 Å². The van der Waals surface area contributed by atoms with Gasteiger partial charge in [0.05, 0.1) is 32.6 Å². The Morgan fingerprint density at radius 3 is 2.17 bits per heavy atom. The zero-order valence-corrected chi connectivity index (χ0v) is 14.7. The van der Waals surface area contributed by atoms with Crippen molar-refractivity contribution in [3.05, 3.63) is 51.5 Å². The van der Waals surface area contributed by atoms with Crippen molar-refractivity contribution in [3.63, 3.8) is 0 Å². The molecule has 1 heterocycles. The van der Waals surface area contributed by atoms with Gasteiger partial charge in [-0.15, -0.1) is 11.3 Å². The van der Waals surface area contributed by atoms with Gasteiger partial charge in [0.15, 0.2) is 11.5 Å². The molecule has 0 aliphatic rings. The van der Waals surface area contributed by atoms with E-state index in [2.05, 4.69) is 11.8 Å². The standard InChI is InChI=1S/C18H21NO3S/c1-6-18(19-2,16-8-7-9-23-16)12-13-10-14(20-3)17(22-5)15(11-13)21-4/h7-11H,6,12H2,1,3-5H3. The Morgan fingerprint density at radius 1 is 1.13 bits per heavy atom. The van der Waals surface area contributed by atoms with Gasteiger partial charge in [-0.2, -0.15) is 0 Å².